The average molecular weight is 327 g/mol. The van der Waals surface area contributed by atoms with Crippen LogP contribution in [0.3, 0.4) is 0 Å². The van der Waals surface area contributed by atoms with Gasteiger partial charge in [-0.1, -0.05) is 24.3 Å². The molecular weight excluding hydrogens is 302 g/mol. The van der Waals surface area contributed by atoms with Crippen LogP contribution in [0.5, 0.6) is 0 Å². The average Bonchev–Trinajstić information content (AvgIpc) is 3.23. The zero-order chi connectivity index (χ0) is 16.8. The van der Waals surface area contributed by atoms with Gasteiger partial charge in [0.25, 0.3) is 0 Å². The number of benzene rings is 1. The van der Waals surface area contributed by atoms with Crippen molar-refractivity contribution in [3.63, 3.8) is 0 Å². The van der Waals surface area contributed by atoms with Crippen molar-refractivity contribution in [3.05, 3.63) is 54.1 Å². The number of guanidine groups is 1. The molecular formula is C18H25N5O. The van der Waals surface area contributed by atoms with Gasteiger partial charge in [-0.15, -0.1) is 0 Å². The summed E-state index contributed by atoms with van der Waals surface area (Å²) in [6, 6.07) is 8.48. The first-order valence-electron chi connectivity index (χ1n) is 8.49. The summed E-state index contributed by atoms with van der Waals surface area (Å²) in [5.74, 6) is 0.883. The number of β-amino-alcohol motifs (C(OH)–C–C–N with tert-alkyl or cyclic N) is 1. The van der Waals surface area contributed by atoms with E-state index in [0.29, 0.717) is 13.1 Å². The molecule has 6 nitrogen and oxygen atoms in total. The van der Waals surface area contributed by atoms with Crippen LogP contribution in [0.25, 0.3) is 0 Å². The Balaban J connectivity index is 1.67. The number of aliphatic hydroxyl groups is 1. The van der Waals surface area contributed by atoms with Crippen molar-refractivity contribution in [2.45, 2.75) is 32.5 Å². The van der Waals surface area contributed by atoms with Gasteiger partial charge in [0, 0.05) is 38.6 Å². The van der Waals surface area contributed by atoms with E-state index < -0.39 is 0 Å². The fourth-order valence-corrected chi connectivity index (χ4v) is 2.94. The van der Waals surface area contributed by atoms with Crippen molar-refractivity contribution in [1.29, 1.82) is 0 Å². The van der Waals surface area contributed by atoms with E-state index in [2.05, 4.69) is 51.0 Å². The molecule has 6 heteroatoms. The van der Waals surface area contributed by atoms with Gasteiger partial charge < -0.3 is 19.9 Å². The molecule has 3 rings (SSSR count). The van der Waals surface area contributed by atoms with Gasteiger partial charge in [-0.25, -0.2) is 9.98 Å². The van der Waals surface area contributed by atoms with Crippen molar-refractivity contribution in [1.82, 2.24) is 19.8 Å². The Morgan fingerprint density at radius 2 is 2.29 bits per heavy atom. The molecule has 0 bridgehead atoms. The third-order valence-corrected chi connectivity index (χ3v) is 4.12. The van der Waals surface area contributed by atoms with Crippen LogP contribution in [0, 0.1) is 0 Å². The summed E-state index contributed by atoms with van der Waals surface area (Å²) in [4.78, 5) is 10.9. The number of imidazole rings is 1. The summed E-state index contributed by atoms with van der Waals surface area (Å²) in [5, 5.41) is 13.0. The minimum atomic E-state index is -0.243. The molecule has 1 aromatic carbocycles. The summed E-state index contributed by atoms with van der Waals surface area (Å²) in [6.45, 7) is 5.85. The van der Waals surface area contributed by atoms with Crippen LogP contribution < -0.4 is 5.32 Å². The van der Waals surface area contributed by atoms with Gasteiger partial charge in [0.1, 0.15) is 0 Å². The predicted molar refractivity (Wildman–Crippen MR) is 94.8 cm³/mol. The second-order valence-corrected chi connectivity index (χ2v) is 6.11. The first-order valence-corrected chi connectivity index (χ1v) is 8.49. The van der Waals surface area contributed by atoms with Crippen LogP contribution in [0.2, 0.25) is 0 Å². The number of aromatic nitrogens is 2. The fourth-order valence-electron chi connectivity index (χ4n) is 2.94. The quantitative estimate of drug-likeness (QED) is 0.645. The van der Waals surface area contributed by atoms with Crippen LogP contribution in [-0.4, -0.2) is 51.3 Å². The van der Waals surface area contributed by atoms with E-state index in [1.165, 1.54) is 11.1 Å². The largest absolute Gasteiger partial charge is 0.391 e. The number of aliphatic imine (C=N–C) groups is 1. The second kappa shape index (κ2) is 7.97. The van der Waals surface area contributed by atoms with Gasteiger partial charge in [0.2, 0.25) is 0 Å². The molecule has 1 aliphatic heterocycles. The first kappa shape index (κ1) is 16.5. The maximum atomic E-state index is 9.73. The summed E-state index contributed by atoms with van der Waals surface area (Å²) in [5.41, 5.74) is 2.42. The summed E-state index contributed by atoms with van der Waals surface area (Å²) in [7, 11) is 0. The minimum absolute atomic E-state index is 0.243. The summed E-state index contributed by atoms with van der Waals surface area (Å²) < 4.78 is 2.05. The molecule has 1 aromatic heterocycles. The van der Waals surface area contributed by atoms with E-state index in [4.69, 9.17) is 4.99 Å². The number of rotatable bonds is 5. The summed E-state index contributed by atoms with van der Waals surface area (Å²) in [6.07, 6.45) is 6.15. The smallest absolute Gasteiger partial charge is 0.194 e. The molecule has 1 saturated heterocycles. The van der Waals surface area contributed by atoms with Crippen molar-refractivity contribution >= 4 is 5.96 Å². The predicted octanol–water partition coefficient (Wildman–Crippen LogP) is 1.46. The van der Waals surface area contributed by atoms with E-state index in [1.807, 2.05) is 12.5 Å². The van der Waals surface area contributed by atoms with Crippen molar-refractivity contribution in [2.24, 2.45) is 4.99 Å². The number of hydrogen-bond donors (Lipinski definition) is 2. The van der Waals surface area contributed by atoms with Crippen LogP contribution in [-0.2, 0) is 13.1 Å². The maximum Gasteiger partial charge on any atom is 0.194 e. The van der Waals surface area contributed by atoms with Gasteiger partial charge in [-0.05, 0) is 24.5 Å². The maximum absolute atomic E-state index is 9.73. The Hall–Kier alpha value is -2.34. The number of nitrogens with one attached hydrogen (secondary N) is 1. The molecule has 1 aliphatic rings. The standard InChI is InChI=1S/C18H25N5O/c1-2-20-18(23-8-6-17(24)13-23)21-11-15-4-3-5-16(10-15)12-22-9-7-19-14-22/h3-5,7,9-10,14,17,24H,2,6,8,11-13H2,1H3,(H,20,21)/t17-/m1/s1. The molecule has 1 atom stereocenters. The second-order valence-electron chi connectivity index (χ2n) is 6.11. The van der Waals surface area contributed by atoms with E-state index in [-0.39, 0.29) is 6.10 Å². The lowest BCUT2D eigenvalue weighted by atomic mass is 10.1. The fraction of sp³-hybridized carbons (Fsp3) is 0.444. The number of hydrogen-bond acceptors (Lipinski definition) is 3. The lowest BCUT2D eigenvalue weighted by Gasteiger charge is -2.21. The highest BCUT2D eigenvalue weighted by Gasteiger charge is 2.22. The summed E-state index contributed by atoms with van der Waals surface area (Å²) >= 11 is 0. The van der Waals surface area contributed by atoms with Crippen molar-refractivity contribution in [3.8, 4) is 0 Å². The Morgan fingerprint density at radius 3 is 3.00 bits per heavy atom. The zero-order valence-corrected chi connectivity index (χ0v) is 14.1. The lowest BCUT2D eigenvalue weighted by Crippen LogP contribution is -2.40. The molecule has 1 fully saturated rings. The van der Waals surface area contributed by atoms with Crippen molar-refractivity contribution in [2.75, 3.05) is 19.6 Å². The SMILES string of the molecule is CCNC(=NCc1cccc(Cn2ccnc2)c1)N1CC[C@@H](O)C1. The molecule has 2 heterocycles. The van der Waals surface area contributed by atoms with E-state index >= 15 is 0 Å². The van der Waals surface area contributed by atoms with Gasteiger partial charge in [0.15, 0.2) is 5.96 Å². The number of nitrogens with zero attached hydrogens (tertiary/aromatic N) is 4. The molecule has 0 unspecified atom stereocenters. The highest BCUT2D eigenvalue weighted by molar-refractivity contribution is 5.80. The normalized spacial score (nSPS) is 18.2. The Bertz CT molecular complexity index is 668. The Morgan fingerprint density at radius 1 is 1.42 bits per heavy atom. The highest BCUT2D eigenvalue weighted by atomic mass is 16.3. The van der Waals surface area contributed by atoms with Gasteiger partial charge in [-0.2, -0.15) is 0 Å². The van der Waals surface area contributed by atoms with Crippen LogP contribution in [0.4, 0.5) is 0 Å². The van der Waals surface area contributed by atoms with E-state index in [9.17, 15) is 5.11 Å². The lowest BCUT2D eigenvalue weighted by molar-refractivity contribution is 0.188. The molecule has 2 N–H and O–H groups in total. The van der Waals surface area contributed by atoms with E-state index in [0.717, 1.165) is 32.0 Å². The van der Waals surface area contributed by atoms with Crippen molar-refractivity contribution < 1.29 is 5.11 Å². The van der Waals surface area contributed by atoms with Crippen LogP contribution in [0.15, 0.2) is 48.0 Å². The first-order chi connectivity index (χ1) is 11.7. The minimum Gasteiger partial charge on any atom is -0.391 e. The molecule has 0 amide bonds. The third-order valence-electron chi connectivity index (χ3n) is 4.12. The van der Waals surface area contributed by atoms with E-state index in [1.54, 1.807) is 6.20 Å². The van der Waals surface area contributed by atoms with Gasteiger partial charge >= 0.3 is 0 Å². The third kappa shape index (κ3) is 4.35. The van der Waals surface area contributed by atoms with Crippen LogP contribution in [0.1, 0.15) is 24.5 Å². The number of aliphatic hydroxyl groups excluding tert-OH is 1. The molecule has 0 saturated carbocycles. The molecule has 0 radical (unpaired) electrons. The van der Waals surface area contributed by atoms with Gasteiger partial charge in [-0.3, -0.25) is 0 Å². The molecule has 24 heavy (non-hydrogen) atoms. The molecule has 0 spiro atoms. The highest BCUT2D eigenvalue weighted by Crippen LogP contribution is 2.11. The molecule has 0 aliphatic carbocycles. The Labute approximate surface area is 142 Å². The number of likely N-dealkylation sites (tertiary alicyclic amines) is 1. The van der Waals surface area contributed by atoms with Gasteiger partial charge in [0.05, 0.1) is 19.0 Å². The topological polar surface area (TPSA) is 65.7 Å². The molecule has 128 valence electrons. The van der Waals surface area contributed by atoms with Crippen LogP contribution >= 0.6 is 0 Å². The monoisotopic (exact) mass is 327 g/mol. The Kier molecular flexibility index (Phi) is 5.48. The zero-order valence-electron chi connectivity index (χ0n) is 14.1. The molecule has 2 aromatic rings.